The third-order valence-corrected chi connectivity index (χ3v) is 3.41. The van der Waals surface area contributed by atoms with Crippen molar-refractivity contribution in [1.29, 1.82) is 0 Å². The van der Waals surface area contributed by atoms with Crippen molar-refractivity contribution in [1.82, 2.24) is 20.1 Å². The molecule has 1 N–H and O–H groups in total. The van der Waals surface area contributed by atoms with Crippen LogP contribution in [0.2, 0.25) is 0 Å². The Labute approximate surface area is 84.7 Å². The molecular weight excluding hydrogens is 176 g/mol. The number of hydrogen-bond donors (Lipinski definition) is 1. The molecule has 1 aromatic rings. The molecule has 78 valence electrons. The first-order valence-corrected chi connectivity index (χ1v) is 5.34. The Kier molecular flexibility index (Phi) is 2.54. The maximum absolute atomic E-state index is 4.20. The second-order valence-corrected chi connectivity index (χ2v) is 4.14. The lowest BCUT2D eigenvalue weighted by molar-refractivity contribution is 0.173. The van der Waals surface area contributed by atoms with Gasteiger partial charge in [0.25, 0.3) is 0 Å². The molecule has 1 aromatic heterocycles. The highest BCUT2D eigenvalue weighted by atomic mass is 15.3. The van der Waals surface area contributed by atoms with Crippen LogP contribution in [0.15, 0.2) is 6.33 Å². The van der Waals surface area contributed by atoms with Crippen LogP contribution in [0.5, 0.6) is 0 Å². The van der Waals surface area contributed by atoms with Gasteiger partial charge in [0.05, 0.1) is 6.54 Å². The van der Waals surface area contributed by atoms with Crippen molar-refractivity contribution in [3.05, 3.63) is 12.2 Å². The van der Waals surface area contributed by atoms with E-state index in [1.807, 2.05) is 11.7 Å². The lowest BCUT2D eigenvalue weighted by Crippen LogP contribution is -2.50. The largest absolute Gasteiger partial charge is 0.304 e. The molecule has 2 rings (SSSR count). The van der Waals surface area contributed by atoms with Crippen LogP contribution in [0, 0.1) is 0 Å². The number of rotatable bonds is 4. The molecule has 0 aliphatic heterocycles. The third-order valence-electron chi connectivity index (χ3n) is 3.41. The van der Waals surface area contributed by atoms with Crippen molar-refractivity contribution < 1.29 is 0 Å². The van der Waals surface area contributed by atoms with Crippen molar-refractivity contribution in [2.24, 2.45) is 7.05 Å². The van der Waals surface area contributed by atoms with Crippen LogP contribution in [0.3, 0.4) is 0 Å². The van der Waals surface area contributed by atoms with Crippen LogP contribution in [-0.4, -0.2) is 20.3 Å². The van der Waals surface area contributed by atoms with Gasteiger partial charge in [0.2, 0.25) is 0 Å². The Balaban J connectivity index is 1.90. The SMILES string of the molecule is CCC1(NCc2ncnn2C)CCC1. The van der Waals surface area contributed by atoms with Crippen LogP contribution < -0.4 is 5.32 Å². The zero-order valence-corrected chi connectivity index (χ0v) is 8.95. The number of aromatic nitrogens is 3. The summed E-state index contributed by atoms with van der Waals surface area (Å²) in [6.45, 7) is 3.09. The van der Waals surface area contributed by atoms with Crippen molar-refractivity contribution in [3.63, 3.8) is 0 Å². The summed E-state index contributed by atoms with van der Waals surface area (Å²) in [4.78, 5) is 4.20. The summed E-state index contributed by atoms with van der Waals surface area (Å²) >= 11 is 0. The van der Waals surface area contributed by atoms with Gasteiger partial charge >= 0.3 is 0 Å². The van der Waals surface area contributed by atoms with Gasteiger partial charge in [0.15, 0.2) is 0 Å². The lowest BCUT2D eigenvalue weighted by Gasteiger charge is -2.42. The van der Waals surface area contributed by atoms with Crippen LogP contribution in [-0.2, 0) is 13.6 Å². The summed E-state index contributed by atoms with van der Waals surface area (Å²) in [6.07, 6.45) is 6.80. The molecule has 0 saturated heterocycles. The minimum atomic E-state index is 0.395. The van der Waals surface area contributed by atoms with Gasteiger partial charge < -0.3 is 5.32 Å². The number of aryl methyl sites for hydroxylation is 1. The minimum absolute atomic E-state index is 0.395. The summed E-state index contributed by atoms with van der Waals surface area (Å²) in [6, 6.07) is 0. The number of hydrogen-bond acceptors (Lipinski definition) is 3. The molecule has 1 fully saturated rings. The van der Waals surface area contributed by atoms with Gasteiger partial charge in [-0.15, -0.1) is 0 Å². The second kappa shape index (κ2) is 3.69. The van der Waals surface area contributed by atoms with Gasteiger partial charge in [-0.25, -0.2) is 4.98 Å². The molecule has 0 atom stereocenters. The summed E-state index contributed by atoms with van der Waals surface area (Å²) in [5, 5.41) is 7.65. The van der Waals surface area contributed by atoms with Gasteiger partial charge in [-0.1, -0.05) is 6.92 Å². The van der Waals surface area contributed by atoms with E-state index in [4.69, 9.17) is 0 Å². The van der Waals surface area contributed by atoms with E-state index in [2.05, 4.69) is 22.3 Å². The predicted molar refractivity (Wildman–Crippen MR) is 54.7 cm³/mol. The number of nitrogens with zero attached hydrogens (tertiary/aromatic N) is 3. The molecule has 0 amide bonds. The number of nitrogens with one attached hydrogen (secondary N) is 1. The molecular formula is C10H18N4. The fourth-order valence-corrected chi connectivity index (χ4v) is 2.01. The van der Waals surface area contributed by atoms with E-state index in [-0.39, 0.29) is 0 Å². The van der Waals surface area contributed by atoms with Crippen molar-refractivity contribution in [3.8, 4) is 0 Å². The quantitative estimate of drug-likeness (QED) is 0.784. The second-order valence-electron chi connectivity index (χ2n) is 4.14. The van der Waals surface area contributed by atoms with Gasteiger partial charge in [0.1, 0.15) is 12.2 Å². The molecule has 0 unspecified atom stereocenters. The summed E-state index contributed by atoms with van der Waals surface area (Å²) in [5.74, 6) is 1.02. The summed E-state index contributed by atoms with van der Waals surface area (Å²) in [7, 11) is 1.93. The third kappa shape index (κ3) is 1.66. The van der Waals surface area contributed by atoms with Gasteiger partial charge in [-0.2, -0.15) is 5.10 Å². The highest BCUT2D eigenvalue weighted by Crippen LogP contribution is 2.34. The Morgan fingerprint density at radius 1 is 1.57 bits per heavy atom. The van der Waals surface area contributed by atoms with Crippen LogP contribution in [0.4, 0.5) is 0 Å². The van der Waals surface area contributed by atoms with Crippen LogP contribution in [0.1, 0.15) is 38.4 Å². The normalized spacial score (nSPS) is 19.3. The highest BCUT2D eigenvalue weighted by molar-refractivity contribution is 4.96. The van der Waals surface area contributed by atoms with Crippen molar-refractivity contribution in [2.75, 3.05) is 0 Å². The Morgan fingerprint density at radius 2 is 2.36 bits per heavy atom. The topological polar surface area (TPSA) is 42.7 Å². The van der Waals surface area contributed by atoms with Crippen molar-refractivity contribution >= 4 is 0 Å². The standard InChI is InChI=1S/C10H18N4/c1-3-10(5-4-6-10)12-7-9-11-8-13-14(9)2/h8,12H,3-7H2,1-2H3. The molecule has 4 heteroatoms. The fourth-order valence-electron chi connectivity index (χ4n) is 2.01. The van der Waals surface area contributed by atoms with Gasteiger partial charge in [-0.3, -0.25) is 4.68 Å². The van der Waals surface area contributed by atoms with Crippen LogP contribution in [0.25, 0.3) is 0 Å². The molecule has 1 aliphatic rings. The maximum atomic E-state index is 4.20. The van der Waals surface area contributed by atoms with E-state index in [0.717, 1.165) is 12.4 Å². The molecule has 0 aromatic carbocycles. The molecule has 1 heterocycles. The molecule has 14 heavy (non-hydrogen) atoms. The maximum Gasteiger partial charge on any atom is 0.140 e. The average Bonchev–Trinajstić information content (AvgIpc) is 2.51. The van der Waals surface area contributed by atoms with Gasteiger partial charge in [-0.05, 0) is 25.7 Å². The van der Waals surface area contributed by atoms with E-state index in [1.165, 1.54) is 25.7 Å². The summed E-state index contributed by atoms with van der Waals surface area (Å²) in [5.41, 5.74) is 0.395. The first-order chi connectivity index (χ1) is 6.76. The first kappa shape index (κ1) is 9.65. The minimum Gasteiger partial charge on any atom is -0.304 e. The Hall–Kier alpha value is -0.900. The Bertz CT molecular complexity index is 295. The average molecular weight is 194 g/mol. The van der Waals surface area contributed by atoms with E-state index in [0.29, 0.717) is 5.54 Å². The molecule has 0 radical (unpaired) electrons. The van der Waals surface area contributed by atoms with Gasteiger partial charge in [0, 0.05) is 12.6 Å². The van der Waals surface area contributed by atoms with Crippen molar-refractivity contribution in [2.45, 2.75) is 44.7 Å². The highest BCUT2D eigenvalue weighted by Gasteiger charge is 2.34. The molecule has 0 spiro atoms. The molecule has 1 saturated carbocycles. The van der Waals surface area contributed by atoms with Crippen LogP contribution >= 0.6 is 0 Å². The zero-order valence-electron chi connectivity index (χ0n) is 8.95. The van der Waals surface area contributed by atoms with E-state index < -0.39 is 0 Å². The molecule has 4 nitrogen and oxygen atoms in total. The summed E-state index contributed by atoms with van der Waals surface area (Å²) < 4.78 is 1.83. The molecule has 1 aliphatic carbocycles. The molecule has 0 bridgehead atoms. The Morgan fingerprint density at radius 3 is 2.79 bits per heavy atom. The van der Waals surface area contributed by atoms with E-state index in [1.54, 1.807) is 6.33 Å². The first-order valence-electron chi connectivity index (χ1n) is 5.34. The van der Waals surface area contributed by atoms with E-state index in [9.17, 15) is 0 Å². The predicted octanol–water partition coefficient (Wildman–Crippen LogP) is 1.24. The lowest BCUT2D eigenvalue weighted by atomic mass is 9.75. The smallest absolute Gasteiger partial charge is 0.140 e. The zero-order chi connectivity index (χ0) is 10.0. The van der Waals surface area contributed by atoms with E-state index >= 15 is 0 Å². The monoisotopic (exact) mass is 194 g/mol. The fraction of sp³-hybridized carbons (Fsp3) is 0.800.